The smallest absolute Gasteiger partial charge is 0.0598 e. The first-order valence-electron chi connectivity index (χ1n) is 6.55. The number of nitrogens with zero attached hydrogens (tertiary/aromatic N) is 1. The van der Waals surface area contributed by atoms with Gasteiger partial charge in [0.1, 0.15) is 0 Å². The summed E-state index contributed by atoms with van der Waals surface area (Å²) in [4.78, 5) is 0. The van der Waals surface area contributed by atoms with Crippen molar-refractivity contribution in [3.8, 4) is 0 Å². The van der Waals surface area contributed by atoms with E-state index in [-0.39, 0.29) is 0 Å². The molecule has 0 aromatic heterocycles. The standard InChI is InChI=1S/C13H25NO/c1-12-10-8-6-4-2-3-5-7-9-11-13(12)14-15/h12,15H,2-11H2,1H3. The first-order chi connectivity index (χ1) is 7.34. The summed E-state index contributed by atoms with van der Waals surface area (Å²) < 4.78 is 0. The second-order valence-electron chi connectivity index (χ2n) is 4.86. The minimum atomic E-state index is 0.481. The van der Waals surface area contributed by atoms with Crippen LogP contribution in [-0.4, -0.2) is 10.9 Å². The van der Waals surface area contributed by atoms with Gasteiger partial charge in [0.05, 0.1) is 5.71 Å². The Bertz CT molecular complexity index is 189. The maximum Gasteiger partial charge on any atom is 0.0598 e. The number of hydrogen-bond donors (Lipinski definition) is 1. The van der Waals surface area contributed by atoms with E-state index in [1.807, 2.05) is 0 Å². The van der Waals surface area contributed by atoms with Crippen molar-refractivity contribution in [1.29, 1.82) is 0 Å². The summed E-state index contributed by atoms with van der Waals surface area (Å²) in [6.07, 6.45) is 12.9. The molecule has 0 aromatic carbocycles. The predicted octanol–water partition coefficient (Wildman–Crippen LogP) is 4.37. The van der Waals surface area contributed by atoms with E-state index in [4.69, 9.17) is 5.21 Å². The zero-order valence-corrected chi connectivity index (χ0v) is 10.0. The lowest BCUT2D eigenvalue weighted by Gasteiger charge is -2.14. The maximum atomic E-state index is 8.95. The Balaban J connectivity index is 2.38. The van der Waals surface area contributed by atoms with E-state index in [2.05, 4.69) is 12.1 Å². The third-order valence-electron chi connectivity index (χ3n) is 3.52. The Labute approximate surface area is 93.8 Å². The number of rotatable bonds is 0. The van der Waals surface area contributed by atoms with E-state index in [9.17, 15) is 0 Å². The van der Waals surface area contributed by atoms with Gasteiger partial charge >= 0.3 is 0 Å². The Hall–Kier alpha value is -0.530. The predicted molar refractivity (Wildman–Crippen MR) is 64.6 cm³/mol. The van der Waals surface area contributed by atoms with Crippen molar-refractivity contribution >= 4 is 5.71 Å². The highest BCUT2D eigenvalue weighted by Gasteiger charge is 2.11. The lowest BCUT2D eigenvalue weighted by Crippen LogP contribution is -2.11. The second-order valence-corrected chi connectivity index (χ2v) is 4.86. The topological polar surface area (TPSA) is 32.6 Å². The van der Waals surface area contributed by atoms with Crippen LogP contribution in [0.25, 0.3) is 0 Å². The molecule has 2 nitrogen and oxygen atoms in total. The summed E-state index contributed by atoms with van der Waals surface area (Å²) in [7, 11) is 0. The fraction of sp³-hybridized carbons (Fsp3) is 0.923. The molecule has 0 amide bonds. The molecule has 1 saturated carbocycles. The molecule has 0 radical (unpaired) electrons. The van der Waals surface area contributed by atoms with E-state index < -0.39 is 0 Å². The summed E-state index contributed by atoms with van der Waals surface area (Å²) in [6, 6.07) is 0. The van der Waals surface area contributed by atoms with Gasteiger partial charge in [-0.25, -0.2) is 0 Å². The molecule has 1 N–H and O–H groups in total. The van der Waals surface area contributed by atoms with Gasteiger partial charge in [-0.15, -0.1) is 0 Å². The molecule has 1 aliphatic carbocycles. The van der Waals surface area contributed by atoms with Crippen LogP contribution < -0.4 is 0 Å². The van der Waals surface area contributed by atoms with Gasteiger partial charge in [0, 0.05) is 0 Å². The molecule has 1 unspecified atom stereocenters. The summed E-state index contributed by atoms with van der Waals surface area (Å²) >= 11 is 0. The molecule has 1 atom stereocenters. The lowest BCUT2D eigenvalue weighted by molar-refractivity contribution is 0.312. The monoisotopic (exact) mass is 211 g/mol. The van der Waals surface area contributed by atoms with Gasteiger partial charge in [-0.05, 0) is 25.2 Å². The molecule has 0 heterocycles. The summed E-state index contributed by atoms with van der Waals surface area (Å²) in [5.41, 5.74) is 1.02. The first-order valence-corrected chi connectivity index (χ1v) is 6.55. The van der Waals surface area contributed by atoms with Crippen molar-refractivity contribution in [2.24, 2.45) is 11.1 Å². The highest BCUT2D eigenvalue weighted by molar-refractivity contribution is 5.85. The Morgan fingerprint density at radius 1 is 0.933 bits per heavy atom. The molecule has 1 fully saturated rings. The van der Waals surface area contributed by atoms with Gasteiger partial charge in [0.25, 0.3) is 0 Å². The van der Waals surface area contributed by atoms with Crippen LogP contribution >= 0.6 is 0 Å². The highest BCUT2D eigenvalue weighted by atomic mass is 16.4. The van der Waals surface area contributed by atoms with E-state index in [1.54, 1.807) is 0 Å². The van der Waals surface area contributed by atoms with E-state index >= 15 is 0 Å². The number of oxime groups is 1. The highest BCUT2D eigenvalue weighted by Crippen LogP contribution is 2.19. The third kappa shape index (κ3) is 5.19. The lowest BCUT2D eigenvalue weighted by atomic mass is 9.93. The minimum absolute atomic E-state index is 0.481. The molecule has 1 aliphatic rings. The van der Waals surface area contributed by atoms with Crippen LogP contribution in [0.15, 0.2) is 5.16 Å². The average Bonchev–Trinajstić information content (AvgIpc) is 2.23. The second kappa shape index (κ2) is 7.72. The molecule has 2 heteroatoms. The first kappa shape index (κ1) is 12.5. The molecule has 0 spiro atoms. The molecule has 15 heavy (non-hydrogen) atoms. The minimum Gasteiger partial charge on any atom is -0.411 e. The molecule has 0 aromatic rings. The van der Waals surface area contributed by atoms with Gasteiger partial charge in [-0.3, -0.25) is 0 Å². The largest absolute Gasteiger partial charge is 0.411 e. The van der Waals surface area contributed by atoms with Gasteiger partial charge in [0.15, 0.2) is 0 Å². The Morgan fingerprint density at radius 2 is 1.47 bits per heavy atom. The number of hydrogen-bond acceptors (Lipinski definition) is 2. The Kier molecular flexibility index (Phi) is 6.45. The fourth-order valence-electron chi connectivity index (χ4n) is 2.38. The van der Waals surface area contributed by atoms with Crippen molar-refractivity contribution in [1.82, 2.24) is 0 Å². The van der Waals surface area contributed by atoms with Crippen molar-refractivity contribution in [2.45, 2.75) is 71.1 Å². The SMILES string of the molecule is CC1CCCCCCCCCCC1=NO. The van der Waals surface area contributed by atoms with Gasteiger partial charge in [0.2, 0.25) is 0 Å². The van der Waals surface area contributed by atoms with Gasteiger partial charge in [-0.1, -0.05) is 57.0 Å². The van der Waals surface area contributed by atoms with Crippen LogP contribution in [-0.2, 0) is 0 Å². The zero-order chi connectivity index (χ0) is 10.9. The van der Waals surface area contributed by atoms with Crippen molar-refractivity contribution < 1.29 is 5.21 Å². The van der Waals surface area contributed by atoms with Crippen LogP contribution in [0.4, 0.5) is 0 Å². The van der Waals surface area contributed by atoms with Crippen LogP contribution in [0.1, 0.15) is 71.1 Å². The van der Waals surface area contributed by atoms with Crippen molar-refractivity contribution in [3.63, 3.8) is 0 Å². The Morgan fingerprint density at radius 3 is 2.07 bits per heavy atom. The van der Waals surface area contributed by atoms with Crippen LogP contribution in [0.5, 0.6) is 0 Å². The van der Waals surface area contributed by atoms with Crippen molar-refractivity contribution in [3.05, 3.63) is 0 Å². The fourth-order valence-corrected chi connectivity index (χ4v) is 2.38. The molecule has 0 bridgehead atoms. The van der Waals surface area contributed by atoms with E-state index in [0.29, 0.717) is 5.92 Å². The summed E-state index contributed by atoms with van der Waals surface area (Å²) in [6.45, 7) is 2.20. The van der Waals surface area contributed by atoms with Crippen molar-refractivity contribution in [2.75, 3.05) is 0 Å². The van der Waals surface area contributed by atoms with Gasteiger partial charge in [-0.2, -0.15) is 0 Å². The molecule has 1 rings (SSSR count). The normalized spacial score (nSPS) is 29.4. The molecule has 0 saturated heterocycles. The van der Waals surface area contributed by atoms with Crippen LogP contribution in [0.2, 0.25) is 0 Å². The summed E-state index contributed by atoms with van der Waals surface area (Å²) in [5, 5.41) is 12.4. The quantitative estimate of drug-likeness (QED) is 0.468. The van der Waals surface area contributed by atoms with E-state index in [1.165, 1.54) is 57.8 Å². The molecule has 88 valence electrons. The molecular formula is C13H25NO. The molecular weight excluding hydrogens is 186 g/mol. The van der Waals surface area contributed by atoms with Crippen LogP contribution in [0.3, 0.4) is 0 Å². The average molecular weight is 211 g/mol. The zero-order valence-electron chi connectivity index (χ0n) is 10.0. The van der Waals surface area contributed by atoms with Crippen LogP contribution in [0, 0.1) is 5.92 Å². The van der Waals surface area contributed by atoms with Gasteiger partial charge < -0.3 is 5.21 Å². The third-order valence-corrected chi connectivity index (χ3v) is 3.52. The maximum absolute atomic E-state index is 8.95. The molecule has 0 aliphatic heterocycles. The van der Waals surface area contributed by atoms with E-state index in [0.717, 1.165) is 12.1 Å². The summed E-state index contributed by atoms with van der Waals surface area (Å²) in [5.74, 6) is 0.481.